The van der Waals surface area contributed by atoms with Gasteiger partial charge >= 0.3 is 23.9 Å². The van der Waals surface area contributed by atoms with Crippen molar-refractivity contribution in [2.24, 2.45) is 16.7 Å². The SMILES string of the molecule is COc1ccc([C@H]2O[C@@H](C(=O)O[C@H]3C[C@@]4(O)[C@@H](OC(=O)c5ccccc5)[C@@H]5[C@]6(OC(C)=O)CO[C@@H]6C[C@H](OCSC)[C@@]5(C)C(=O)[C@H](OC(C)=O)C(=C3C)C4(C)C)[C@H](c3ccccc3)N2C(=O)c2ccccc2)cc1. The fourth-order valence-electron chi connectivity index (χ4n) is 12.3. The summed E-state index contributed by atoms with van der Waals surface area (Å²) in [6.45, 7) is 8.67. The van der Waals surface area contributed by atoms with E-state index in [0.717, 1.165) is 6.92 Å². The van der Waals surface area contributed by atoms with Crippen molar-refractivity contribution >= 4 is 47.3 Å². The second-order valence-electron chi connectivity index (χ2n) is 20.3. The number of ketones is 1. The van der Waals surface area contributed by atoms with Crippen molar-refractivity contribution in [3.05, 3.63) is 149 Å². The van der Waals surface area contributed by atoms with Crippen molar-refractivity contribution in [3.63, 3.8) is 0 Å². The van der Waals surface area contributed by atoms with Gasteiger partial charge in [0.2, 0.25) is 0 Å². The molecule has 74 heavy (non-hydrogen) atoms. The first-order chi connectivity index (χ1) is 35.3. The molecule has 2 heterocycles. The molecule has 5 aliphatic rings. The first-order valence-electron chi connectivity index (χ1n) is 24.6. The number of benzene rings is 4. The first-order valence-corrected chi connectivity index (χ1v) is 26.0. The van der Waals surface area contributed by atoms with Crippen molar-refractivity contribution in [2.75, 3.05) is 25.9 Å². The van der Waals surface area contributed by atoms with Crippen LogP contribution in [-0.4, -0.2) is 119 Å². The molecule has 2 aliphatic heterocycles. The van der Waals surface area contributed by atoms with Crippen LogP contribution in [0.15, 0.2) is 126 Å². The van der Waals surface area contributed by atoms with E-state index in [9.17, 15) is 24.3 Å². The predicted molar refractivity (Wildman–Crippen MR) is 268 cm³/mol. The number of hydrogen-bond acceptors (Lipinski definition) is 16. The number of aliphatic hydroxyl groups is 1. The summed E-state index contributed by atoms with van der Waals surface area (Å²) in [5.41, 5.74) is -5.60. The fourth-order valence-corrected chi connectivity index (χ4v) is 12.6. The summed E-state index contributed by atoms with van der Waals surface area (Å²) in [5, 5.41) is 14.2. The Balaban J connectivity index is 1.23. The molecular formula is C57H61NO15S. The second-order valence-corrected chi connectivity index (χ2v) is 21.2. The van der Waals surface area contributed by atoms with Crippen LogP contribution in [0.25, 0.3) is 0 Å². The minimum atomic E-state index is -2.34. The molecule has 12 atom stereocenters. The highest BCUT2D eigenvalue weighted by molar-refractivity contribution is 7.98. The number of carbonyl (C=O) groups is 6. The Morgan fingerprint density at radius 2 is 1.42 bits per heavy atom. The molecule has 4 aromatic carbocycles. The highest BCUT2D eigenvalue weighted by Gasteiger charge is 2.79. The molecule has 4 fully saturated rings. The lowest BCUT2D eigenvalue weighted by Gasteiger charge is -2.67. The van der Waals surface area contributed by atoms with Crippen molar-refractivity contribution < 1.29 is 71.8 Å². The third kappa shape index (κ3) is 8.79. The quantitative estimate of drug-likeness (QED) is 0.0596. The Kier molecular flexibility index (Phi) is 14.5. The molecule has 16 nitrogen and oxygen atoms in total. The van der Waals surface area contributed by atoms with Gasteiger partial charge in [-0.1, -0.05) is 92.7 Å². The monoisotopic (exact) mass is 1030 g/mol. The van der Waals surface area contributed by atoms with Gasteiger partial charge in [-0.25, -0.2) is 9.59 Å². The first kappa shape index (κ1) is 52.5. The van der Waals surface area contributed by atoms with Crippen molar-refractivity contribution in [3.8, 4) is 5.75 Å². The molecule has 4 aromatic rings. The molecule has 2 bridgehead atoms. The topological polar surface area (TPSA) is 200 Å². The number of fused-ring (bicyclic) bond motifs is 5. The number of carbonyl (C=O) groups excluding carboxylic acids is 6. The summed E-state index contributed by atoms with van der Waals surface area (Å²) >= 11 is 1.35. The van der Waals surface area contributed by atoms with E-state index in [2.05, 4.69) is 0 Å². The number of Topliss-reactive ketones (excluding diaryl/α,β-unsaturated/α-hetero) is 1. The molecule has 0 spiro atoms. The number of thioether (sulfide) groups is 1. The summed E-state index contributed by atoms with van der Waals surface area (Å²) < 4.78 is 50.6. The van der Waals surface area contributed by atoms with E-state index in [0.29, 0.717) is 22.4 Å². The van der Waals surface area contributed by atoms with Gasteiger partial charge in [0.15, 0.2) is 29.8 Å². The number of nitrogens with zero attached hydrogens (tertiary/aromatic N) is 1. The standard InChI is InChI=1S/C57H61NO15S/c1-32-40(70-53(64)46-44(35-18-12-9-13-19-35)58(50(62)36-20-14-10-15-21-36)51(71-46)37-24-26-39(66-7)27-25-37)29-57(65)49(72-52(63)38-22-16-11-17-23-38)47-55(6,48(61)45(69-33(2)59)43(32)54(57,4)5)41(68-31-74-8)28-42-56(47,30-67-42)73-34(3)60/h9-27,40-42,44-47,49,51,65H,28-31H2,1-8H3/t40-,41-,42+,44-,45+,46+,47-,49-,51+,55+,56-,57+/m0/s1. The predicted octanol–water partition coefficient (Wildman–Crippen LogP) is 7.54. The molecular weight excluding hydrogens is 971 g/mol. The number of esters is 4. The number of amides is 1. The Morgan fingerprint density at radius 3 is 1.99 bits per heavy atom. The highest BCUT2D eigenvalue weighted by Crippen LogP contribution is 2.65. The Morgan fingerprint density at radius 1 is 0.797 bits per heavy atom. The normalized spacial score (nSPS) is 31.8. The van der Waals surface area contributed by atoms with E-state index in [1.54, 1.807) is 143 Å². The van der Waals surface area contributed by atoms with Crippen LogP contribution < -0.4 is 4.74 Å². The van der Waals surface area contributed by atoms with Gasteiger partial charge in [-0.05, 0) is 73.2 Å². The van der Waals surface area contributed by atoms with Crippen molar-refractivity contribution in [1.29, 1.82) is 0 Å². The molecule has 0 unspecified atom stereocenters. The van der Waals surface area contributed by atoms with Gasteiger partial charge in [0.05, 0.1) is 48.7 Å². The maximum atomic E-state index is 16.2. The third-order valence-electron chi connectivity index (χ3n) is 15.9. The zero-order valence-corrected chi connectivity index (χ0v) is 43.3. The Hall–Kier alpha value is -6.37. The Labute approximate surface area is 433 Å². The maximum absolute atomic E-state index is 16.2. The molecule has 2 saturated carbocycles. The average molecular weight is 1030 g/mol. The van der Waals surface area contributed by atoms with Crippen LogP contribution in [0.5, 0.6) is 5.75 Å². The zero-order valence-electron chi connectivity index (χ0n) is 42.5. The molecule has 2 saturated heterocycles. The molecule has 0 radical (unpaired) electrons. The summed E-state index contributed by atoms with van der Waals surface area (Å²) in [6.07, 6.45) is -8.06. The smallest absolute Gasteiger partial charge is 0.338 e. The van der Waals surface area contributed by atoms with Crippen molar-refractivity contribution in [1.82, 2.24) is 4.90 Å². The van der Waals surface area contributed by atoms with Gasteiger partial charge in [-0.3, -0.25) is 24.1 Å². The van der Waals surface area contributed by atoms with Gasteiger partial charge in [-0.2, -0.15) is 0 Å². The van der Waals surface area contributed by atoms with Crippen LogP contribution in [0.2, 0.25) is 0 Å². The van der Waals surface area contributed by atoms with Gasteiger partial charge in [0.1, 0.15) is 29.7 Å². The van der Waals surface area contributed by atoms with E-state index in [4.69, 9.17) is 37.9 Å². The maximum Gasteiger partial charge on any atom is 0.338 e. The van der Waals surface area contributed by atoms with E-state index >= 15 is 9.59 Å². The van der Waals surface area contributed by atoms with Gasteiger partial charge in [0, 0.05) is 43.2 Å². The van der Waals surface area contributed by atoms with Crippen LogP contribution in [0, 0.1) is 16.7 Å². The lowest BCUT2D eigenvalue weighted by Crippen LogP contribution is -2.82. The van der Waals surface area contributed by atoms with Gasteiger partial charge < -0.3 is 43.0 Å². The zero-order chi connectivity index (χ0) is 52.9. The average Bonchev–Trinajstić information content (AvgIpc) is 3.80. The van der Waals surface area contributed by atoms with Crippen LogP contribution >= 0.6 is 11.8 Å². The van der Waals surface area contributed by atoms with Crippen LogP contribution in [0.3, 0.4) is 0 Å². The number of hydrogen-bond donors (Lipinski definition) is 1. The summed E-state index contributed by atoms with van der Waals surface area (Å²) in [7, 11) is 1.53. The molecule has 390 valence electrons. The number of methoxy groups -OCH3 is 1. The summed E-state index contributed by atoms with van der Waals surface area (Å²) in [5.74, 6) is -5.25. The fraction of sp³-hybridized carbons (Fsp3) is 0.439. The molecule has 0 aromatic heterocycles. The number of rotatable bonds is 13. The molecule has 3 aliphatic carbocycles. The minimum Gasteiger partial charge on any atom is -0.497 e. The van der Waals surface area contributed by atoms with Crippen LogP contribution in [0.4, 0.5) is 0 Å². The largest absolute Gasteiger partial charge is 0.497 e. The Bertz CT molecular complexity index is 2830. The molecule has 17 heteroatoms. The second kappa shape index (κ2) is 20.4. The van der Waals surface area contributed by atoms with Gasteiger partial charge in [-0.15, -0.1) is 11.8 Å². The lowest BCUT2D eigenvalue weighted by molar-refractivity contribution is -0.347. The van der Waals surface area contributed by atoms with Gasteiger partial charge in [0.25, 0.3) is 5.91 Å². The van der Waals surface area contributed by atoms with E-state index in [-0.39, 0.29) is 35.7 Å². The third-order valence-corrected chi connectivity index (χ3v) is 16.3. The van der Waals surface area contributed by atoms with Crippen LogP contribution in [0.1, 0.15) is 98.5 Å². The van der Waals surface area contributed by atoms with E-state index in [1.807, 2.05) is 6.26 Å². The molecule has 9 rings (SSSR count). The summed E-state index contributed by atoms with van der Waals surface area (Å²) in [4.78, 5) is 89.6. The van der Waals surface area contributed by atoms with E-state index in [1.165, 1.54) is 30.7 Å². The molecule has 1 N–H and O–H groups in total. The molecule has 1 amide bonds. The number of ether oxygens (including phenoxy) is 8. The highest BCUT2D eigenvalue weighted by atomic mass is 32.2. The van der Waals surface area contributed by atoms with Crippen molar-refractivity contribution in [2.45, 2.75) is 114 Å². The minimum absolute atomic E-state index is 0.0457. The lowest BCUT2D eigenvalue weighted by atomic mass is 9.44. The van der Waals surface area contributed by atoms with Crippen LogP contribution in [-0.2, 0) is 52.3 Å². The van der Waals surface area contributed by atoms with E-state index < -0.39 is 119 Å². The summed E-state index contributed by atoms with van der Waals surface area (Å²) in [6, 6.07) is 31.5.